The number of nitrogens with zero attached hydrogens (tertiary/aromatic N) is 3. The number of aromatic nitrogens is 1. The Balaban J connectivity index is 1.92. The SMILES string of the molecule is C/C(=C/n1c2c(c3cc(C)ccc31)CN(C)CC2)C1=CCN=C1. The van der Waals surface area contributed by atoms with Crippen LogP contribution in [0.15, 0.2) is 40.4 Å². The van der Waals surface area contributed by atoms with E-state index in [2.05, 4.69) is 65.8 Å². The summed E-state index contributed by atoms with van der Waals surface area (Å²) in [6, 6.07) is 6.82. The maximum atomic E-state index is 4.31. The van der Waals surface area contributed by atoms with Crippen molar-refractivity contribution in [1.82, 2.24) is 9.47 Å². The van der Waals surface area contributed by atoms with E-state index in [1.807, 2.05) is 6.21 Å². The summed E-state index contributed by atoms with van der Waals surface area (Å²) in [5.41, 5.74) is 8.16. The summed E-state index contributed by atoms with van der Waals surface area (Å²) in [7, 11) is 2.21. The molecule has 0 spiro atoms. The first-order valence-electron chi connectivity index (χ1n) is 8.33. The lowest BCUT2D eigenvalue weighted by atomic mass is 10.0. The van der Waals surface area contributed by atoms with Crippen LogP contribution in [0.3, 0.4) is 0 Å². The molecule has 0 radical (unpaired) electrons. The monoisotopic (exact) mass is 305 g/mol. The van der Waals surface area contributed by atoms with Gasteiger partial charge in [-0.1, -0.05) is 17.7 Å². The minimum absolute atomic E-state index is 0.815. The van der Waals surface area contributed by atoms with Crippen molar-refractivity contribution in [3.8, 4) is 0 Å². The summed E-state index contributed by atoms with van der Waals surface area (Å²) < 4.78 is 2.42. The van der Waals surface area contributed by atoms with Crippen LogP contribution in [0.1, 0.15) is 23.7 Å². The Morgan fingerprint density at radius 3 is 2.96 bits per heavy atom. The third-order valence-electron chi connectivity index (χ3n) is 4.96. The Hall–Kier alpha value is -2.13. The van der Waals surface area contributed by atoms with Crippen LogP contribution >= 0.6 is 0 Å². The molecular formula is C20H23N3. The van der Waals surface area contributed by atoms with Gasteiger partial charge >= 0.3 is 0 Å². The van der Waals surface area contributed by atoms with E-state index in [4.69, 9.17) is 0 Å². The van der Waals surface area contributed by atoms with E-state index in [1.54, 1.807) is 0 Å². The van der Waals surface area contributed by atoms with E-state index in [9.17, 15) is 0 Å². The molecule has 0 atom stereocenters. The second kappa shape index (κ2) is 5.50. The number of fused-ring (bicyclic) bond motifs is 3. The van der Waals surface area contributed by atoms with Gasteiger partial charge in [-0.05, 0) is 49.7 Å². The first kappa shape index (κ1) is 14.5. The molecule has 0 fully saturated rings. The van der Waals surface area contributed by atoms with Crippen molar-refractivity contribution in [3.05, 3.63) is 52.2 Å². The van der Waals surface area contributed by atoms with E-state index in [0.29, 0.717) is 0 Å². The fourth-order valence-electron chi connectivity index (χ4n) is 3.67. The molecule has 23 heavy (non-hydrogen) atoms. The van der Waals surface area contributed by atoms with E-state index in [-0.39, 0.29) is 0 Å². The minimum atomic E-state index is 0.815. The molecule has 0 amide bonds. The fraction of sp³-hybridized carbons (Fsp3) is 0.350. The molecule has 1 aromatic carbocycles. The summed E-state index contributed by atoms with van der Waals surface area (Å²) in [5.74, 6) is 0. The first-order valence-corrected chi connectivity index (χ1v) is 8.33. The lowest BCUT2D eigenvalue weighted by molar-refractivity contribution is 0.312. The predicted molar refractivity (Wildman–Crippen MR) is 98.1 cm³/mol. The smallest absolute Gasteiger partial charge is 0.0579 e. The molecule has 118 valence electrons. The number of aliphatic imine (C=N–C) groups is 1. The highest BCUT2D eigenvalue weighted by Crippen LogP contribution is 2.32. The van der Waals surface area contributed by atoms with Crippen LogP contribution in [0.4, 0.5) is 0 Å². The molecule has 0 saturated carbocycles. The van der Waals surface area contributed by atoms with Gasteiger partial charge in [-0.25, -0.2) is 0 Å². The second-order valence-electron chi connectivity index (χ2n) is 6.77. The zero-order chi connectivity index (χ0) is 16.0. The number of aryl methyl sites for hydroxylation is 1. The molecule has 3 heterocycles. The first-order chi connectivity index (χ1) is 11.1. The number of hydrogen-bond donors (Lipinski definition) is 0. The lowest BCUT2D eigenvalue weighted by Gasteiger charge is -2.23. The van der Waals surface area contributed by atoms with Gasteiger partial charge in [-0.2, -0.15) is 0 Å². The average molecular weight is 305 g/mol. The van der Waals surface area contributed by atoms with Crippen molar-refractivity contribution in [2.24, 2.45) is 4.99 Å². The van der Waals surface area contributed by atoms with Gasteiger partial charge < -0.3 is 9.47 Å². The summed E-state index contributed by atoms with van der Waals surface area (Å²) in [6.07, 6.45) is 7.59. The molecule has 2 aliphatic rings. The number of hydrogen-bond acceptors (Lipinski definition) is 2. The molecule has 2 aliphatic heterocycles. The predicted octanol–water partition coefficient (Wildman–Crippen LogP) is 3.81. The van der Waals surface area contributed by atoms with E-state index in [1.165, 1.54) is 38.9 Å². The van der Waals surface area contributed by atoms with Crippen LogP contribution in [-0.2, 0) is 13.0 Å². The molecule has 1 aromatic heterocycles. The molecule has 0 N–H and O–H groups in total. The highest BCUT2D eigenvalue weighted by molar-refractivity contribution is 5.91. The molecule has 0 bridgehead atoms. The fourth-order valence-corrected chi connectivity index (χ4v) is 3.67. The molecule has 3 nitrogen and oxygen atoms in total. The van der Waals surface area contributed by atoms with E-state index >= 15 is 0 Å². The zero-order valence-corrected chi connectivity index (χ0v) is 14.1. The molecule has 0 aliphatic carbocycles. The van der Waals surface area contributed by atoms with Crippen LogP contribution in [0.2, 0.25) is 0 Å². The van der Waals surface area contributed by atoms with Crippen LogP contribution in [0.25, 0.3) is 17.1 Å². The van der Waals surface area contributed by atoms with Gasteiger partial charge in [0.25, 0.3) is 0 Å². The van der Waals surface area contributed by atoms with Gasteiger partial charge in [0, 0.05) is 43.0 Å². The summed E-state index contributed by atoms with van der Waals surface area (Å²) >= 11 is 0. The maximum Gasteiger partial charge on any atom is 0.0579 e. The normalized spacial score (nSPS) is 18.6. The van der Waals surface area contributed by atoms with Crippen molar-refractivity contribution >= 4 is 23.3 Å². The topological polar surface area (TPSA) is 20.5 Å². The van der Waals surface area contributed by atoms with Crippen LogP contribution in [-0.4, -0.2) is 35.8 Å². The Morgan fingerprint density at radius 2 is 2.17 bits per heavy atom. The van der Waals surface area contributed by atoms with Crippen molar-refractivity contribution in [2.45, 2.75) is 26.8 Å². The third kappa shape index (κ3) is 2.45. The van der Waals surface area contributed by atoms with Crippen molar-refractivity contribution in [1.29, 1.82) is 0 Å². The van der Waals surface area contributed by atoms with Crippen molar-refractivity contribution in [3.63, 3.8) is 0 Å². The highest BCUT2D eigenvalue weighted by Gasteiger charge is 2.21. The van der Waals surface area contributed by atoms with Crippen LogP contribution in [0, 0.1) is 6.92 Å². The molecule has 3 heteroatoms. The Kier molecular flexibility index (Phi) is 3.46. The Labute approximate surface area is 137 Å². The minimum Gasteiger partial charge on any atom is -0.320 e. The molecule has 2 aromatic rings. The third-order valence-corrected chi connectivity index (χ3v) is 4.96. The largest absolute Gasteiger partial charge is 0.320 e. The lowest BCUT2D eigenvalue weighted by Crippen LogP contribution is -2.26. The quantitative estimate of drug-likeness (QED) is 0.826. The summed E-state index contributed by atoms with van der Waals surface area (Å²) in [4.78, 5) is 6.73. The van der Waals surface area contributed by atoms with Gasteiger partial charge in [0.1, 0.15) is 0 Å². The van der Waals surface area contributed by atoms with Gasteiger partial charge in [-0.3, -0.25) is 4.99 Å². The number of rotatable bonds is 2. The molecule has 4 rings (SSSR count). The van der Waals surface area contributed by atoms with E-state index in [0.717, 1.165) is 26.1 Å². The average Bonchev–Trinajstić information content (AvgIpc) is 3.15. The van der Waals surface area contributed by atoms with Gasteiger partial charge in [-0.15, -0.1) is 0 Å². The molecular weight excluding hydrogens is 282 g/mol. The Morgan fingerprint density at radius 1 is 1.30 bits per heavy atom. The van der Waals surface area contributed by atoms with Gasteiger partial charge in [0.15, 0.2) is 0 Å². The summed E-state index contributed by atoms with van der Waals surface area (Å²) in [6.45, 7) is 7.34. The van der Waals surface area contributed by atoms with Gasteiger partial charge in [0.2, 0.25) is 0 Å². The van der Waals surface area contributed by atoms with Crippen LogP contribution in [0.5, 0.6) is 0 Å². The standard InChI is InChI=1S/C20H23N3/c1-14-4-5-19-17(10-14)18-13-22(3)9-7-20(18)23(19)12-15(2)16-6-8-21-11-16/h4-6,10-12H,7-9,13H2,1-3H3/b15-12-. The Bertz CT molecular complexity index is 865. The molecule has 0 unspecified atom stereocenters. The zero-order valence-electron chi connectivity index (χ0n) is 14.1. The van der Waals surface area contributed by atoms with Gasteiger partial charge in [0.05, 0.1) is 12.1 Å². The second-order valence-corrected chi connectivity index (χ2v) is 6.77. The molecule has 0 saturated heterocycles. The highest BCUT2D eigenvalue weighted by atomic mass is 15.1. The van der Waals surface area contributed by atoms with Crippen molar-refractivity contribution < 1.29 is 0 Å². The number of allylic oxidation sites excluding steroid dienone is 2. The summed E-state index contributed by atoms with van der Waals surface area (Å²) in [5, 5.41) is 1.41. The number of likely N-dealkylation sites (N-methyl/N-ethyl adjacent to an activating group) is 1. The van der Waals surface area contributed by atoms with E-state index < -0.39 is 0 Å². The van der Waals surface area contributed by atoms with Crippen molar-refractivity contribution in [2.75, 3.05) is 20.1 Å². The van der Waals surface area contributed by atoms with Crippen LogP contribution < -0.4 is 0 Å². The maximum absolute atomic E-state index is 4.31. The number of benzene rings is 1.